The molecular weight excluding hydrogens is 324 g/mol. The molecule has 4 nitrogen and oxygen atoms in total. The highest BCUT2D eigenvalue weighted by molar-refractivity contribution is 5.93. The fraction of sp³-hybridized carbons (Fsp3) is 0.409. The van der Waals surface area contributed by atoms with Crippen LogP contribution in [0, 0.1) is 0 Å². The lowest BCUT2D eigenvalue weighted by Gasteiger charge is -2.36. The van der Waals surface area contributed by atoms with Crippen LogP contribution in [0.5, 0.6) is 0 Å². The summed E-state index contributed by atoms with van der Waals surface area (Å²) in [5, 5.41) is 12.0. The van der Waals surface area contributed by atoms with Crippen LogP contribution < -0.4 is 5.32 Å². The first-order chi connectivity index (χ1) is 12.7. The summed E-state index contributed by atoms with van der Waals surface area (Å²) in [6, 6.07) is 17.0. The number of fused-ring (bicyclic) bond motifs is 1. The van der Waals surface area contributed by atoms with Crippen molar-refractivity contribution in [1.82, 2.24) is 10.2 Å². The van der Waals surface area contributed by atoms with Crippen LogP contribution in [-0.4, -0.2) is 36.1 Å². The molecule has 26 heavy (non-hydrogen) atoms. The van der Waals surface area contributed by atoms with Gasteiger partial charge in [0.15, 0.2) is 0 Å². The molecule has 1 aliphatic carbocycles. The third kappa shape index (κ3) is 4.32. The van der Waals surface area contributed by atoms with E-state index in [-0.39, 0.29) is 12.5 Å². The molecule has 0 saturated carbocycles. The van der Waals surface area contributed by atoms with Crippen molar-refractivity contribution in [2.75, 3.05) is 20.2 Å². The third-order valence-electron chi connectivity index (χ3n) is 5.21. The van der Waals surface area contributed by atoms with Crippen LogP contribution in [0.4, 0.5) is 0 Å². The normalized spacial score (nSPS) is 16.3. The number of aryl methyl sites for hydroxylation is 1. The summed E-state index contributed by atoms with van der Waals surface area (Å²) < 4.78 is 0. The van der Waals surface area contributed by atoms with Crippen LogP contribution in [0.2, 0.25) is 0 Å². The van der Waals surface area contributed by atoms with E-state index in [0.29, 0.717) is 11.6 Å². The van der Waals surface area contributed by atoms with Gasteiger partial charge in [-0.1, -0.05) is 36.4 Å². The summed E-state index contributed by atoms with van der Waals surface area (Å²) in [7, 11) is 1.65. The number of aliphatic hydroxyl groups is 1. The number of aliphatic hydroxyl groups excluding tert-OH is 1. The fourth-order valence-corrected chi connectivity index (χ4v) is 3.87. The van der Waals surface area contributed by atoms with Gasteiger partial charge >= 0.3 is 0 Å². The Balaban J connectivity index is 1.80. The molecule has 4 heteroatoms. The summed E-state index contributed by atoms with van der Waals surface area (Å²) in [5.41, 5.74) is 4.76. The van der Waals surface area contributed by atoms with E-state index in [1.165, 1.54) is 23.1 Å². The second-order valence-electron chi connectivity index (χ2n) is 6.93. The number of hydrogen-bond donors (Lipinski definition) is 2. The van der Waals surface area contributed by atoms with Gasteiger partial charge in [0.25, 0.3) is 5.91 Å². The van der Waals surface area contributed by atoms with Gasteiger partial charge in [0.2, 0.25) is 0 Å². The first-order valence-corrected chi connectivity index (χ1v) is 9.46. The van der Waals surface area contributed by atoms with Gasteiger partial charge in [-0.3, -0.25) is 9.69 Å². The Kier molecular flexibility index (Phi) is 6.42. The Hall–Kier alpha value is -2.17. The molecule has 2 N–H and O–H groups in total. The molecule has 0 aromatic heterocycles. The first-order valence-electron chi connectivity index (χ1n) is 9.46. The van der Waals surface area contributed by atoms with E-state index in [0.717, 1.165) is 32.4 Å². The molecule has 0 spiro atoms. The predicted octanol–water partition coefficient (Wildman–Crippen LogP) is 3.31. The largest absolute Gasteiger partial charge is 0.396 e. The van der Waals surface area contributed by atoms with Crippen LogP contribution in [0.1, 0.15) is 52.4 Å². The average molecular weight is 352 g/mol. The minimum absolute atomic E-state index is 0.0603. The summed E-state index contributed by atoms with van der Waals surface area (Å²) in [6.07, 6.45) is 4.28. The molecule has 0 saturated heterocycles. The molecule has 1 aliphatic rings. The summed E-state index contributed by atoms with van der Waals surface area (Å²) in [5.74, 6) is -0.0603. The lowest BCUT2D eigenvalue weighted by atomic mass is 9.86. The van der Waals surface area contributed by atoms with E-state index in [4.69, 9.17) is 0 Å². The van der Waals surface area contributed by atoms with E-state index in [1.54, 1.807) is 7.05 Å². The lowest BCUT2D eigenvalue weighted by Crippen LogP contribution is -2.32. The Morgan fingerprint density at radius 2 is 1.96 bits per heavy atom. The molecule has 1 amide bonds. The second-order valence-corrected chi connectivity index (χ2v) is 6.93. The average Bonchev–Trinajstić information content (AvgIpc) is 2.70. The highest BCUT2D eigenvalue weighted by Gasteiger charge is 2.25. The number of rotatable bonds is 7. The highest BCUT2D eigenvalue weighted by atomic mass is 16.3. The molecule has 1 unspecified atom stereocenters. The number of nitrogens with one attached hydrogen (secondary N) is 1. The Labute approximate surface area is 155 Å². The zero-order valence-electron chi connectivity index (χ0n) is 15.4. The van der Waals surface area contributed by atoms with Gasteiger partial charge in [0, 0.05) is 38.3 Å². The molecule has 3 rings (SSSR count). The molecule has 0 aliphatic heterocycles. The van der Waals surface area contributed by atoms with Crippen LogP contribution >= 0.6 is 0 Å². The van der Waals surface area contributed by atoms with Gasteiger partial charge in [-0.05, 0) is 54.5 Å². The molecule has 0 bridgehead atoms. The zero-order chi connectivity index (χ0) is 18.4. The highest BCUT2D eigenvalue weighted by Crippen LogP contribution is 2.35. The monoisotopic (exact) mass is 352 g/mol. The lowest BCUT2D eigenvalue weighted by molar-refractivity contribution is 0.0963. The van der Waals surface area contributed by atoms with Crippen molar-refractivity contribution >= 4 is 5.91 Å². The number of nitrogens with zero attached hydrogens (tertiary/aromatic N) is 1. The third-order valence-corrected chi connectivity index (χ3v) is 5.21. The van der Waals surface area contributed by atoms with Gasteiger partial charge < -0.3 is 10.4 Å². The Bertz CT molecular complexity index is 727. The predicted molar refractivity (Wildman–Crippen MR) is 104 cm³/mol. The van der Waals surface area contributed by atoms with Gasteiger partial charge in [0.1, 0.15) is 0 Å². The fourth-order valence-electron chi connectivity index (χ4n) is 3.87. The molecular formula is C22H28N2O2. The number of benzene rings is 2. The van der Waals surface area contributed by atoms with E-state index < -0.39 is 0 Å². The molecule has 1 atom stereocenters. The molecule has 2 aromatic rings. The minimum atomic E-state index is -0.0603. The van der Waals surface area contributed by atoms with Crippen LogP contribution in [0.25, 0.3) is 0 Å². The van der Waals surface area contributed by atoms with Crippen LogP contribution in [0.15, 0.2) is 48.5 Å². The van der Waals surface area contributed by atoms with Crippen LogP contribution in [0.3, 0.4) is 0 Å². The maximum absolute atomic E-state index is 11.7. The molecule has 0 radical (unpaired) electrons. The van der Waals surface area contributed by atoms with E-state index in [1.807, 2.05) is 24.3 Å². The van der Waals surface area contributed by atoms with Crippen molar-refractivity contribution in [3.8, 4) is 0 Å². The molecule has 0 fully saturated rings. The summed E-state index contributed by atoms with van der Waals surface area (Å²) in [6.45, 7) is 1.90. The van der Waals surface area contributed by atoms with Crippen molar-refractivity contribution in [2.45, 2.75) is 38.3 Å². The zero-order valence-corrected chi connectivity index (χ0v) is 15.4. The SMILES string of the molecule is CNC(=O)c1ccc(CN(CCCO)C2CCCc3ccccc32)cc1. The molecule has 0 heterocycles. The standard InChI is InChI=1S/C22H28N2O2/c1-23-22(26)19-12-10-17(11-13-19)16-24(14-5-15-25)21-9-4-7-18-6-2-3-8-20(18)21/h2-3,6,8,10-13,21,25H,4-5,7,9,14-16H2,1H3,(H,23,26). The number of carbonyl (C=O) groups excluding carboxylic acids is 1. The maximum Gasteiger partial charge on any atom is 0.251 e. The summed E-state index contributed by atoms with van der Waals surface area (Å²) >= 11 is 0. The van der Waals surface area contributed by atoms with Gasteiger partial charge in [0.05, 0.1) is 0 Å². The minimum Gasteiger partial charge on any atom is -0.396 e. The summed E-state index contributed by atoms with van der Waals surface area (Å²) in [4.78, 5) is 14.2. The van der Waals surface area contributed by atoms with Crippen LogP contribution in [-0.2, 0) is 13.0 Å². The Morgan fingerprint density at radius 3 is 2.69 bits per heavy atom. The van der Waals surface area contributed by atoms with Crippen molar-refractivity contribution in [2.24, 2.45) is 0 Å². The molecule has 2 aromatic carbocycles. The number of carbonyl (C=O) groups is 1. The van der Waals surface area contributed by atoms with E-state index >= 15 is 0 Å². The first kappa shape index (κ1) is 18.6. The van der Waals surface area contributed by atoms with Crippen molar-refractivity contribution in [3.63, 3.8) is 0 Å². The maximum atomic E-state index is 11.7. The van der Waals surface area contributed by atoms with E-state index in [9.17, 15) is 9.90 Å². The van der Waals surface area contributed by atoms with Crippen molar-refractivity contribution in [3.05, 3.63) is 70.8 Å². The van der Waals surface area contributed by atoms with E-state index in [2.05, 4.69) is 34.5 Å². The van der Waals surface area contributed by atoms with Crippen molar-refractivity contribution in [1.29, 1.82) is 0 Å². The topological polar surface area (TPSA) is 52.6 Å². The quantitative estimate of drug-likeness (QED) is 0.804. The van der Waals surface area contributed by atoms with Gasteiger partial charge in [-0.2, -0.15) is 0 Å². The Morgan fingerprint density at radius 1 is 1.19 bits per heavy atom. The van der Waals surface area contributed by atoms with Gasteiger partial charge in [-0.15, -0.1) is 0 Å². The smallest absolute Gasteiger partial charge is 0.251 e. The van der Waals surface area contributed by atoms with Crippen molar-refractivity contribution < 1.29 is 9.90 Å². The number of hydrogen-bond acceptors (Lipinski definition) is 3. The second kappa shape index (κ2) is 8.97. The van der Waals surface area contributed by atoms with Gasteiger partial charge in [-0.25, -0.2) is 0 Å². The number of amides is 1. The molecule has 138 valence electrons.